The third-order valence-corrected chi connectivity index (χ3v) is 3.33. The van der Waals surface area contributed by atoms with E-state index in [1.54, 1.807) is 6.92 Å². The molecule has 88 valence electrons. The minimum Gasteiger partial charge on any atom is -0.258 e. The van der Waals surface area contributed by atoms with Crippen molar-refractivity contribution in [2.45, 2.75) is 18.2 Å². The molecule has 5 nitrogen and oxygen atoms in total. The summed E-state index contributed by atoms with van der Waals surface area (Å²) in [4.78, 5) is 8.77. The molecule has 0 radical (unpaired) electrons. The second-order valence-corrected chi connectivity index (χ2v) is 5.47. The molecule has 0 aliphatic heterocycles. The lowest BCUT2D eigenvalue weighted by Crippen LogP contribution is -2.03. The maximum Gasteiger partial charge on any atom is 0.309 e. The Balaban J connectivity index is 3.63. The Bertz CT molecular complexity index is 543. The van der Waals surface area contributed by atoms with Crippen LogP contribution in [-0.2, 0) is 15.5 Å². The van der Waals surface area contributed by atoms with Gasteiger partial charge in [0.1, 0.15) is 4.90 Å². The third kappa shape index (κ3) is 2.30. The summed E-state index contributed by atoms with van der Waals surface area (Å²) >= 11 is 0. The molecule has 0 saturated carbocycles. The molecule has 0 N–H and O–H groups in total. The summed E-state index contributed by atoms with van der Waals surface area (Å²) in [5, 5.41) is 10.6. The van der Waals surface area contributed by atoms with Crippen LogP contribution < -0.4 is 0 Å². The molecule has 0 aliphatic rings. The standard InChI is InChI=1S/C8H7ClFNO4S/c1-2-5-3-4-6(16(9,14)15)7(10)8(5)11(12)13/h3-4H,2H2,1H3. The van der Waals surface area contributed by atoms with Crippen LogP contribution in [0.1, 0.15) is 12.5 Å². The van der Waals surface area contributed by atoms with Crippen LogP contribution in [0.25, 0.3) is 0 Å². The van der Waals surface area contributed by atoms with Crippen LogP contribution in [0, 0.1) is 15.9 Å². The number of nitro benzene ring substituents is 1. The van der Waals surface area contributed by atoms with Crippen molar-refractivity contribution in [1.82, 2.24) is 0 Å². The van der Waals surface area contributed by atoms with Gasteiger partial charge in [0.2, 0.25) is 5.82 Å². The van der Waals surface area contributed by atoms with E-state index in [-0.39, 0.29) is 12.0 Å². The first kappa shape index (κ1) is 12.9. The zero-order valence-corrected chi connectivity index (χ0v) is 9.68. The molecular formula is C8H7ClFNO4S. The van der Waals surface area contributed by atoms with Gasteiger partial charge in [-0.25, -0.2) is 8.42 Å². The quantitative estimate of drug-likeness (QED) is 0.478. The van der Waals surface area contributed by atoms with Gasteiger partial charge in [-0.2, -0.15) is 4.39 Å². The molecule has 0 amide bonds. The zero-order valence-electron chi connectivity index (χ0n) is 8.11. The molecule has 0 bridgehead atoms. The van der Waals surface area contributed by atoms with Crippen molar-refractivity contribution in [3.8, 4) is 0 Å². The van der Waals surface area contributed by atoms with Gasteiger partial charge >= 0.3 is 5.69 Å². The Labute approximate surface area is 95.4 Å². The molecule has 1 aromatic rings. The molecule has 0 fully saturated rings. The molecule has 1 aromatic carbocycles. The molecular weight excluding hydrogens is 261 g/mol. The van der Waals surface area contributed by atoms with Crippen molar-refractivity contribution in [2.24, 2.45) is 0 Å². The van der Waals surface area contributed by atoms with E-state index in [4.69, 9.17) is 10.7 Å². The van der Waals surface area contributed by atoms with E-state index >= 15 is 0 Å². The molecule has 0 atom stereocenters. The van der Waals surface area contributed by atoms with E-state index in [9.17, 15) is 22.9 Å². The van der Waals surface area contributed by atoms with E-state index in [0.717, 1.165) is 6.07 Å². The number of aryl methyl sites for hydroxylation is 1. The molecule has 1 rings (SSSR count). The Morgan fingerprint density at radius 2 is 2.06 bits per heavy atom. The fourth-order valence-corrected chi connectivity index (χ4v) is 2.16. The van der Waals surface area contributed by atoms with Gasteiger partial charge in [0.15, 0.2) is 0 Å². The van der Waals surface area contributed by atoms with Crippen LogP contribution in [0.4, 0.5) is 10.1 Å². The van der Waals surface area contributed by atoms with E-state index in [1.807, 2.05) is 0 Å². The van der Waals surface area contributed by atoms with Crippen molar-refractivity contribution in [2.75, 3.05) is 0 Å². The van der Waals surface area contributed by atoms with Gasteiger partial charge in [0, 0.05) is 16.2 Å². The highest BCUT2D eigenvalue weighted by atomic mass is 35.7. The summed E-state index contributed by atoms with van der Waals surface area (Å²) in [5.74, 6) is -1.42. The summed E-state index contributed by atoms with van der Waals surface area (Å²) in [6.45, 7) is 1.59. The lowest BCUT2D eigenvalue weighted by molar-refractivity contribution is -0.388. The SMILES string of the molecule is CCc1ccc(S(=O)(=O)Cl)c(F)c1[N+](=O)[O-]. The van der Waals surface area contributed by atoms with Crippen molar-refractivity contribution in [3.63, 3.8) is 0 Å². The van der Waals surface area contributed by atoms with Crippen molar-refractivity contribution >= 4 is 25.4 Å². The Hall–Kier alpha value is -1.21. The summed E-state index contributed by atoms with van der Waals surface area (Å²) in [6, 6.07) is 2.10. The lowest BCUT2D eigenvalue weighted by atomic mass is 10.1. The Kier molecular flexibility index (Phi) is 3.49. The van der Waals surface area contributed by atoms with Crippen molar-refractivity contribution < 1.29 is 17.7 Å². The summed E-state index contributed by atoms with van der Waals surface area (Å²) in [6.07, 6.45) is 0.218. The average Bonchev–Trinajstić information content (AvgIpc) is 2.14. The van der Waals surface area contributed by atoms with Gasteiger partial charge < -0.3 is 0 Å². The number of hydrogen-bond donors (Lipinski definition) is 0. The zero-order chi connectivity index (χ0) is 12.5. The molecule has 16 heavy (non-hydrogen) atoms. The molecule has 0 aliphatic carbocycles. The smallest absolute Gasteiger partial charge is 0.258 e. The van der Waals surface area contributed by atoms with Gasteiger partial charge in [0.05, 0.1) is 4.92 Å². The molecule has 0 heterocycles. The second kappa shape index (κ2) is 4.34. The summed E-state index contributed by atoms with van der Waals surface area (Å²) in [7, 11) is 0.624. The van der Waals surface area contributed by atoms with E-state index in [1.165, 1.54) is 6.07 Å². The summed E-state index contributed by atoms with van der Waals surface area (Å²) < 4.78 is 35.4. The predicted octanol–water partition coefficient (Wildman–Crippen LogP) is 2.22. The number of hydrogen-bond acceptors (Lipinski definition) is 4. The highest BCUT2D eigenvalue weighted by Gasteiger charge is 2.27. The van der Waals surface area contributed by atoms with E-state index < -0.39 is 30.4 Å². The molecule has 8 heteroatoms. The van der Waals surface area contributed by atoms with Gasteiger partial charge in [-0.3, -0.25) is 10.1 Å². The minimum absolute atomic E-state index is 0.117. The predicted molar refractivity (Wildman–Crippen MR) is 55.5 cm³/mol. The van der Waals surface area contributed by atoms with Gasteiger partial charge in [-0.05, 0) is 12.5 Å². The maximum atomic E-state index is 13.6. The topological polar surface area (TPSA) is 77.3 Å². The fourth-order valence-electron chi connectivity index (χ4n) is 1.26. The minimum atomic E-state index is -4.32. The Morgan fingerprint density at radius 3 is 2.44 bits per heavy atom. The van der Waals surface area contributed by atoms with Crippen LogP contribution >= 0.6 is 10.7 Å². The maximum absolute atomic E-state index is 13.6. The first-order chi connectivity index (χ1) is 7.29. The monoisotopic (exact) mass is 267 g/mol. The molecule has 0 saturated heterocycles. The van der Waals surface area contributed by atoms with Crippen LogP contribution in [0.2, 0.25) is 0 Å². The summed E-state index contributed by atoms with van der Waals surface area (Å²) in [5.41, 5.74) is -0.726. The average molecular weight is 268 g/mol. The second-order valence-electron chi connectivity index (χ2n) is 2.93. The van der Waals surface area contributed by atoms with Gasteiger partial charge in [-0.15, -0.1) is 0 Å². The molecule has 0 unspecified atom stereocenters. The van der Waals surface area contributed by atoms with Crippen LogP contribution in [-0.4, -0.2) is 13.3 Å². The van der Waals surface area contributed by atoms with Gasteiger partial charge in [-0.1, -0.05) is 13.0 Å². The number of benzene rings is 1. The third-order valence-electron chi connectivity index (χ3n) is 1.99. The highest BCUT2D eigenvalue weighted by molar-refractivity contribution is 8.13. The lowest BCUT2D eigenvalue weighted by Gasteiger charge is -2.03. The molecule has 0 aromatic heterocycles. The first-order valence-electron chi connectivity index (χ1n) is 4.19. The normalized spacial score (nSPS) is 11.4. The van der Waals surface area contributed by atoms with Crippen LogP contribution in [0.5, 0.6) is 0 Å². The van der Waals surface area contributed by atoms with Crippen molar-refractivity contribution in [3.05, 3.63) is 33.6 Å². The van der Waals surface area contributed by atoms with Crippen molar-refractivity contribution in [1.29, 1.82) is 0 Å². The Morgan fingerprint density at radius 1 is 1.50 bits per heavy atom. The van der Waals surface area contributed by atoms with E-state index in [0.29, 0.717) is 0 Å². The number of nitro groups is 1. The number of rotatable bonds is 3. The molecule has 0 spiro atoms. The van der Waals surface area contributed by atoms with Crippen LogP contribution in [0.3, 0.4) is 0 Å². The van der Waals surface area contributed by atoms with E-state index in [2.05, 4.69) is 0 Å². The first-order valence-corrected chi connectivity index (χ1v) is 6.50. The van der Waals surface area contributed by atoms with Crippen LogP contribution in [0.15, 0.2) is 17.0 Å². The number of halogens is 2. The highest BCUT2D eigenvalue weighted by Crippen LogP contribution is 2.30. The van der Waals surface area contributed by atoms with Gasteiger partial charge in [0.25, 0.3) is 9.05 Å². The number of nitrogens with zero attached hydrogens (tertiary/aromatic N) is 1. The largest absolute Gasteiger partial charge is 0.309 e. The fraction of sp³-hybridized carbons (Fsp3) is 0.250.